The summed E-state index contributed by atoms with van der Waals surface area (Å²) in [6.07, 6.45) is 2.05. The molecule has 108 valence electrons. The normalized spacial score (nSPS) is 11.7. The number of aryl methyl sites for hydroxylation is 1. The first-order valence-electron chi connectivity index (χ1n) is 6.15. The van der Waals surface area contributed by atoms with Crippen LogP contribution in [0.3, 0.4) is 0 Å². The minimum atomic E-state index is -3.56. The van der Waals surface area contributed by atoms with E-state index in [4.69, 9.17) is 5.73 Å². The maximum Gasteiger partial charge on any atom is 0.240 e. The topological polar surface area (TPSA) is 103 Å². The van der Waals surface area contributed by atoms with E-state index in [1.54, 1.807) is 35.2 Å². The molecule has 0 saturated carbocycles. The number of hydrogen-bond donors (Lipinski definition) is 2. The molecule has 0 radical (unpaired) electrons. The van der Waals surface area contributed by atoms with Crippen molar-refractivity contribution in [2.75, 3.05) is 6.54 Å². The number of rotatable bonds is 6. The van der Waals surface area contributed by atoms with Crippen molar-refractivity contribution in [2.45, 2.75) is 17.9 Å². The Labute approximate surface area is 117 Å². The van der Waals surface area contributed by atoms with E-state index in [1.165, 1.54) is 0 Å². The van der Waals surface area contributed by atoms with Crippen molar-refractivity contribution in [3.63, 3.8) is 0 Å². The van der Waals surface area contributed by atoms with Crippen molar-refractivity contribution in [3.8, 4) is 0 Å². The molecular formula is C12H17N5O2S. The second kappa shape index (κ2) is 6.12. The number of benzene rings is 1. The van der Waals surface area contributed by atoms with Gasteiger partial charge in [0.25, 0.3) is 0 Å². The van der Waals surface area contributed by atoms with Crippen LogP contribution in [0, 0.1) is 0 Å². The van der Waals surface area contributed by atoms with Crippen LogP contribution in [0.25, 0.3) is 0 Å². The number of aromatic nitrogens is 3. The summed E-state index contributed by atoms with van der Waals surface area (Å²) in [5.41, 5.74) is 6.16. The minimum Gasteiger partial charge on any atom is -0.326 e. The molecule has 20 heavy (non-hydrogen) atoms. The molecule has 3 N–H and O–H groups in total. The zero-order valence-corrected chi connectivity index (χ0v) is 12.0. The van der Waals surface area contributed by atoms with E-state index in [1.807, 2.05) is 7.05 Å². The summed E-state index contributed by atoms with van der Waals surface area (Å²) in [7, 11) is -1.74. The van der Waals surface area contributed by atoms with E-state index >= 15 is 0 Å². The van der Waals surface area contributed by atoms with Gasteiger partial charge in [-0.15, -0.1) is 10.2 Å². The van der Waals surface area contributed by atoms with Gasteiger partial charge in [-0.05, 0) is 11.6 Å². The summed E-state index contributed by atoms with van der Waals surface area (Å²) in [4.78, 5) is 0.223. The molecule has 0 aliphatic carbocycles. The predicted molar refractivity (Wildman–Crippen MR) is 74.2 cm³/mol. The van der Waals surface area contributed by atoms with Crippen LogP contribution in [0.2, 0.25) is 0 Å². The fourth-order valence-electron chi connectivity index (χ4n) is 1.84. The number of hydrogen-bond acceptors (Lipinski definition) is 5. The van der Waals surface area contributed by atoms with E-state index < -0.39 is 10.0 Å². The van der Waals surface area contributed by atoms with Crippen LogP contribution in [0.4, 0.5) is 0 Å². The van der Waals surface area contributed by atoms with Crippen LogP contribution < -0.4 is 10.5 Å². The number of nitrogens with zero attached hydrogens (tertiary/aromatic N) is 3. The Morgan fingerprint density at radius 2 is 2.10 bits per heavy atom. The largest absolute Gasteiger partial charge is 0.326 e. The van der Waals surface area contributed by atoms with Crippen LogP contribution >= 0.6 is 0 Å². The molecule has 2 rings (SSSR count). The highest BCUT2D eigenvalue weighted by atomic mass is 32.2. The third kappa shape index (κ3) is 3.21. The Hall–Kier alpha value is -1.77. The van der Waals surface area contributed by atoms with Crippen molar-refractivity contribution < 1.29 is 8.42 Å². The summed E-state index contributed by atoms with van der Waals surface area (Å²) in [5.74, 6) is 0.722. The van der Waals surface area contributed by atoms with Crippen LogP contribution in [0.5, 0.6) is 0 Å². The second-order valence-electron chi connectivity index (χ2n) is 4.32. The number of nitrogens with two attached hydrogens (primary N) is 1. The van der Waals surface area contributed by atoms with Crippen LogP contribution in [-0.2, 0) is 30.0 Å². The molecular weight excluding hydrogens is 278 g/mol. The quantitative estimate of drug-likeness (QED) is 0.768. The van der Waals surface area contributed by atoms with Gasteiger partial charge in [0.1, 0.15) is 12.2 Å². The molecule has 0 spiro atoms. The van der Waals surface area contributed by atoms with Gasteiger partial charge >= 0.3 is 0 Å². The molecule has 1 heterocycles. The Balaban J connectivity index is 2.06. The van der Waals surface area contributed by atoms with Gasteiger partial charge in [-0.1, -0.05) is 18.2 Å². The fourth-order valence-corrected chi connectivity index (χ4v) is 3.12. The molecule has 0 amide bonds. The summed E-state index contributed by atoms with van der Waals surface area (Å²) in [6, 6.07) is 6.70. The lowest BCUT2D eigenvalue weighted by molar-refractivity contribution is 0.578. The van der Waals surface area contributed by atoms with Crippen molar-refractivity contribution in [1.29, 1.82) is 0 Å². The van der Waals surface area contributed by atoms with E-state index in [-0.39, 0.29) is 18.0 Å². The first-order valence-corrected chi connectivity index (χ1v) is 7.63. The summed E-state index contributed by atoms with van der Waals surface area (Å²) in [5, 5.41) is 7.64. The smallest absolute Gasteiger partial charge is 0.240 e. The van der Waals surface area contributed by atoms with Gasteiger partial charge in [-0.3, -0.25) is 0 Å². The SMILES string of the molecule is Cn1cnnc1CCNS(=O)(=O)c1ccccc1CN. The molecule has 0 atom stereocenters. The highest BCUT2D eigenvalue weighted by Crippen LogP contribution is 2.14. The maximum absolute atomic E-state index is 12.2. The summed E-state index contributed by atoms with van der Waals surface area (Å²) in [6.45, 7) is 0.439. The Morgan fingerprint density at radius 3 is 2.75 bits per heavy atom. The molecule has 0 aliphatic rings. The Morgan fingerprint density at radius 1 is 1.35 bits per heavy atom. The zero-order chi connectivity index (χ0) is 14.6. The molecule has 0 fully saturated rings. The van der Waals surface area contributed by atoms with E-state index in [0.717, 1.165) is 5.82 Å². The van der Waals surface area contributed by atoms with Gasteiger partial charge in [0, 0.05) is 26.6 Å². The van der Waals surface area contributed by atoms with Crippen LogP contribution in [0.1, 0.15) is 11.4 Å². The molecule has 0 bridgehead atoms. The predicted octanol–water partition coefficient (Wildman–Crippen LogP) is -0.205. The molecule has 0 unspecified atom stereocenters. The first kappa shape index (κ1) is 14.6. The Kier molecular flexibility index (Phi) is 4.48. The molecule has 1 aromatic carbocycles. The van der Waals surface area contributed by atoms with Gasteiger partial charge < -0.3 is 10.3 Å². The molecule has 0 saturated heterocycles. The standard InChI is InChI=1S/C12H17N5O2S/c1-17-9-14-16-12(17)6-7-15-20(18,19)11-5-3-2-4-10(11)8-13/h2-5,9,15H,6-8,13H2,1H3. The number of nitrogens with one attached hydrogen (secondary N) is 1. The van der Waals surface area contributed by atoms with Crippen LogP contribution in [0.15, 0.2) is 35.5 Å². The van der Waals surface area contributed by atoms with Crippen molar-refractivity contribution >= 4 is 10.0 Å². The van der Waals surface area contributed by atoms with Crippen molar-refractivity contribution in [1.82, 2.24) is 19.5 Å². The zero-order valence-electron chi connectivity index (χ0n) is 11.2. The van der Waals surface area contributed by atoms with Crippen molar-refractivity contribution in [2.24, 2.45) is 12.8 Å². The lowest BCUT2D eigenvalue weighted by Crippen LogP contribution is -2.27. The third-order valence-corrected chi connectivity index (χ3v) is 4.49. The van der Waals surface area contributed by atoms with Crippen LogP contribution in [-0.4, -0.2) is 29.7 Å². The molecule has 7 nitrogen and oxygen atoms in total. The average molecular weight is 295 g/mol. The minimum absolute atomic E-state index is 0.181. The molecule has 0 aliphatic heterocycles. The van der Waals surface area contributed by atoms with Gasteiger partial charge in [-0.25, -0.2) is 13.1 Å². The Bertz CT molecular complexity index is 681. The average Bonchev–Trinajstić information content (AvgIpc) is 2.84. The summed E-state index contributed by atoms with van der Waals surface area (Å²) >= 11 is 0. The molecule has 1 aromatic heterocycles. The highest BCUT2D eigenvalue weighted by molar-refractivity contribution is 7.89. The fraction of sp³-hybridized carbons (Fsp3) is 0.333. The van der Waals surface area contributed by atoms with Gasteiger partial charge in [0.05, 0.1) is 4.90 Å². The van der Waals surface area contributed by atoms with Gasteiger partial charge in [0.2, 0.25) is 10.0 Å². The summed E-state index contributed by atoms with van der Waals surface area (Å²) < 4.78 is 28.7. The monoisotopic (exact) mass is 295 g/mol. The lowest BCUT2D eigenvalue weighted by atomic mass is 10.2. The second-order valence-corrected chi connectivity index (χ2v) is 6.05. The number of sulfonamides is 1. The molecule has 8 heteroatoms. The van der Waals surface area contributed by atoms with Gasteiger partial charge in [0.15, 0.2) is 0 Å². The van der Waals surface area contributed by atoms with Gasteiger partial charge in [-0.2, -0.15) is 0 Å². The maximum atomic E-state index is 12.2. The van der Waals surface area contributed by atoms with E-state index in [2.05, 4.69) is 14.9 Å². The first-order chi connectivity index (χ1) is 9.54. The van der Waals surface area contributed by atoms with E-state index in [0.29, 0.717) is 12.0 Å². The van der Waals surface area contributed by atoms with E-state index in [9.17, 15) is 8.42 Å². The van der Waals surface area contributed by atoms with Crippen molar-refractivity contribution in [3.05, 3.63) is 42.0 Å². The highest BCUT2D eigenvalue weighted by Gasteiger charge is 2.17. The lowest BCUT2D eigenvalue weighted by Gasteiger charge is -2.10. The molecule has 2 aromatic rings. The third-order valence-electron chi connectivity index (χ3n) is 2.93.